The number of pyridine rings is 3. The summed E-state index contributed by atoms with van der Waals surface area (Å²) in [7, 11) is 0.628. The molecule has 3 aromatic carbocycles. The maximum absolute atomic E-state index is 13.3. The third-order valence-corrected chi connectivity index (χ3v) is 16.5. The summed E-state index contributed by atoms with van der Waals surface area (Å²) >= 11 is 19.3. The zero-order valence-electron chi connectivity index (χ0n) is 50.4. The number of nitrogens with one attached hydrogen (secondary N) is 4. The van der Waals surface area contributed by atoms with E-state index in [9.17, 15) is 19.5 Å². The van der Waals surface area contributed by atoms with Gasteiger partial charge in [-0.15, -0.1) is 34.0 Å². The Morgan fingerprint density at radius 1 is 0.581 bits per heavy atom. The van der Waals surface area contributed by atoms with Crippen molar-refractivity contribution in [3.05, 3.63) is 226 Å². The molecule has 5 N–H and O–H groups in total. The number of anilines is 6. The van der Waals surface area contributed by atoms with Gasteiger partial charge in [-0.05, 0) is 124 Å². The molecule has 10 heterocycles. The predicted octanol–water partition coefficient (Wildman–Crippen LogP) is 21.2. The summed E-state index contributed by atoms with van der Waals surface area (Å²) in [5.41, 5.74) is 11.3. The van der Waals surface area contributed by atoms with Crippen LogP contribution in [0.15, 0.2) is 189 Å². The first kappa shape index (κ1) is 74.3. The number of hydrogen-bond donors (Lipinski definition) is 5. The van der Waals surface area contributed by atoms with Crippen LogP contribution in [0.3, 0.4) is 0 Å². The number of Topliss-reactive ketones (excluding diaryl/α,β-unsaturated/α-hetero) is 1. The molecule has 1 unspecified atom stereocenters. The van der Waals surface area contributed by atoms with Gasteiger partial charge in [-0.1, -0.05) is 84.1 Å². The first-order chi connectivity index (χ1) is 45.0. The number of carbonyl (C=O) groups is 3. The van der Waals surface area contributed by atoms with Crippen LogP contribution >= 0.6 is 156 Å². The van der Waals surface area contributed by atoms with Crippen molar-refractivity contribution in [3.8, 4) is 31.7 Å². The van der Waals surface area contributed by atoms with E-state index >= 15 is 0 Å². The number of carbonyl (C=O) groups excluding carboxylic acids is 2. The molecular weight excluding hydrogens is 1990 g/mol. The number of esters is 1. The Balaban J connectivity index is 0.000000169. The first-order valence-electron chi connectivity index (χ1n) is 28.1. The Kier molecular flexibility index (Phi) is 29.8. The number of aromatic nitrogens is 9. The molecule has 0 aliphatic carbocycles. The molecule has 0 radical (unpaired) electrons. The van der Waals surface area contributed by atoms with Crippen LogP contribution in [0, 0.1) is 20.8 Å². The van der Waals surface area contributed by atoms with Crippen molar-refractivity contribution in [1.82, 2.24) is 43.3 Å². The number of carboxylic acids is 1. The molecule has 0 saturated heterocycles. The van der Waals surface area contributed by atoms with Gasteiger partial charge in [0.15, 0.2) is 22.7 Å². The number of carboxylic acid groups (broad SMARTS) is 1. The van der Waals surface area contributed by atoms with E-state index in [1.165, 1.54) is 21.0 Å². The first-order valence-corrected chi connectivity index (χ1v) is 55.2. The Hall–Kier alpha value is -4.47. The number of benzene rings is 3. The van der Waals surface area contributed by atoms with Gasteiger partial charge >= 0.3 is 126 Å². The van der Waals surface area contributed by atoms with Crippen LogP contribution in [-0.4, -0.2) is 77.7 Å². The van der Waals surface area contributed by atoms with Crippen molar-refractivity contribution >= 4 is 225 Å². The average Bonchev–Trinajstić information content (AvgIpc) is 1.69. The Morgan fingerprint density at radius 2 is 0.935 bits per heavy atom. The number of hydrogen-bond acceptors (Lipinski definition) is 15. The van der Waals surface area contributed by atoms with E-state index in [4.69, 9.17) is 4.74 Å². The molecule has 93 heavy (non-hydrogen) atoms. The van der Waals surface area contributed by atoms with E-state index in [1.54, 1.807) is 71.7 Å². The van der Waals surface area contributed by atoms with E-state index in [0.717, 1.165) is 71.4 Å². The van der Waals surface area contributed by atoms with Gasteiger partial charge in [0, 0.05) is 68.2 Å². The molecule has 0 fully saturated rings. The van der Waals surface area contributed by atoms with Gasteiger partial charge in [0.2, 0.25) is 0 Å². The number of halogens is 6. The quantitative estimate of drug-likeness (QED) is 0.0264. The van der Waals surface area contributed by atoms with Crippen LogP contribution in [0.25, 0.3) is 48.7 Å². The van der Waals surface area contributed by atoms with Crippen LogP contribution in [0.1, 0.15) is 77.7 Å². The van der Waals surface area contributed by atoms with Crippen LogP contribution in [0.4, 0.5) is 34.1 Å². The Morgan fingerprint density at radius 3 is 1.27 bits per heavy atom. The number of H-pyrrole nitrogens is 1. The molecule has 0 amide bonds. The van der Waals surface area contributed by atoms with Gasteiger partial charge < -0.3 is 25.8 Å². The molecule has 0 saturated carbocycles. The number of aromatic amines is 1. The zero-order chi connectivity index (χ0) is 66.6. The second-order valence-electron chi connectivity index (χ2n) is 19.8. The molecule has 13 aromatic rings. The third-order valence-electron chi connectivity index (χ3n) is 13.4. The van der Waals surface area contributed by atoms with Gasteiger partial charge in [-0.25, -0.2) is 29.5 Å². The fourth-order valence-electron chi connectivity index (χ4n) is 9.37. The van der Waals surface area contributed by atoms with Crippen molar-refractivity contribution in [1.29, 1.82) is 0 Å². The second kappa shape index (κ2) is 37.3. The van der Waals surface area contributed by atoms with E-state index in [-0.39, 0.29) is 28.2 Å². The van der Waals surface area contributed by atoms with Crippen molar-refractivity contribution in [2.24, 2.45) is 0 Å². The number of thiophene rings is 3. The summed E-state index contributed by atoms with van der Waals surface area (Å²) in [5.74, 6) is -0.639. The molecule has 28 heteroatoms. The van der Waals surface area contributed by atoms with E-state index in [0.29, 0.717) is 50.8 Å². The van der Waals surface area contributed by atoms with E-state index < -0.39 is 5.97 Å². The Labute approximate surface area is 630 Å². The van der Waals surface area contributed by atoms with Gasteiger partial charge in [0.05, 0.1) is 85.1 Å². The predicted molar refractivity (Wildman–Crippen MR) is 426 cm³/mol. The second-order valence-corrected chi connectivity index (χ2v) is 70.8. The number of alkyl halides is 1. The average molecular weight is 2050 g/mol. The number of ketones is 1. The number of nitrogens with zero attached hydrogens (tertiary/aromatic N) is 8. The number of imidazole rings is 3. The van der Waals surface area contributed by atoms with Crippen LogP contribution in [-0.2, 0) is 19.1 Å². The van der Waals surface area contributed by atoms with Gasteiger partial charge in [0.25, 0.3) is 0 Å². The van der Waals surface area contributed by atoms with E-state index in [2.05, 4.69) is 207 Å². The molecule has 479 valence electrons. The summed E-state index contributed by atoms with van der Waals surface area (Å²) in [5, 5.41) is 26.3. The van der Waals surface area contributed by atoms with Crippen LogP contribution < -0.4 is 16.0 Å². The summed E-state index contributed by atoms with van der Waals surface area (Å²) in [6, 6.07) is 47.0. The van der Waals surface area contributed by atoms with Gasteiger partial charge in [-0.2, -0.15) is 5.10 Å². The maximum atomic E-state index is 13.3. The third kappa shape index (κ3) is 20.8. The standard InChI is InChI=1S/C24H22N6OS.C21H19N3O2S.C19H15N3O2S.CH3I.5HI.2V/c1-15(23-26-14-27-29-23)10-21(31)17-11-19(28-18-6-4-3-5-7-18)24-25-12-20(30(24)13-17)22-9-8-16(2)32-22;1-3-26-21(25)15-11-17(23-16-7-5-4-6-8-16)20-22-12-18(24(20)13-15)19-10-9-14(2)27-19;1-12-7-8-17(25-12)16-10-20-18-15(21-14-5-3-2-4-6-14)9-13(19(23)24)11-22(16)18;1-2;;;;;;;/h3-9,11-15,28H,10H2,1-2H3,(H,26,27,29);4-13,23H,3H2,1-2H3;2-11,21H,1H3,(H,23,24);1H3;5*1H;;/q;;;;;;;;;+2;+3/p-5. The number of aryl methyl sites for hydroxylation is 3. The summed E-state index contributed by atoms with van der Waals surface area (Å²) < 4.78 is 11.0. The molecule has 0 aliphatic heterocycles. The van der Waals surface area contributed by atoms with Crippen molar-refractivity contribution in [2.75, 3.05) is 27.5 Å². The normalized spacial score (nSPS) is 10.9. The van der Waals surface area contributed by atoms with Gasteiger partial charge in [0.1, 0.15) is 12.2 Å². The number of rotatable bonds is 16. The zero-order valence-corrected chi connectivity index (χ0v) is 68.6. The summed E-state index contributed by atoms with van der Waals surface area (Å²) in [4.78, 5) is 63.8. The molecule has 0 spiro atoms. The van der Waals surface area contributed by atoms with Crippen molar-refractivity contribution in [3.63, 3.8) is 0 Å². The molecule has 13 rings (SSSR count). The number of fused-ring (bicyclic) bond motifs is 3. The Bertz CT molecular complexity index is 4550. The van der Waals surface area contributed by atoms with Gasteiger partial charge in [-0.3, -0.25) is 23.1 Å². The molecule has 0 bridgehead atoms. The van der Waals surface area contributed by atoms with Crippen molar-refractivity contribution in [2.45, 2.75) is 47.0 Å². The fraction of sp³-hybridized carbons (Fsp3) is 0.138. The fourth-order valence-corrected chi connectivity index (χ4v) is 12.0. The summed E-state index contributed by atoms with van der Waals surface area (Å²) in [6.07, 6.45) is 12.6. The van der Waals surface area contributed by atoms with Crippen LogP contribution in [0.5, 0.6) is 0 Å². The number of ether oxygens (including phenoxy) is 1. The molecule has 1 atom stereocenters. The molecule has 17 nitrogen and oxygen atoms in total. The van der Waals surface area contributed by atoms with Crippen molar-refractivity contribution < 1.29 is 38.6 Å². The molecule has 10 aromatic heterocycles. The SMILES string of the molecule is CCOC(=O)c1cc(Nc2ccccc2)c2ncc(-c3ccc(C)s3)n2c1.CI.Cc1ccc(-c2cnc3c(Nc4ccccc4)cc(C(=O)CC(C)c4ncn[nH]4)cn23)s1.Cc1ccc(-c2cnc3c(Nc4ccccc4)cc(C(=O)O)cn23)s1.[I][V]([I])[I].[I][V][I]. The van der Waals surface area contributed by atoms with Crippen LogP contribution in [0.2, 0.25) is 0 Å². The number of para-hydroxylation sites is 3. The molecule has 0 aliphatic rings. The summed E-state index contributed by atoms with van der Waals surface area (Å²) in [6.45, 7) is 10.3. The topological polar surface area (TPSA) is 210 Å². The molecular formula is C65H59I6N12O5S3V2. The number of aromatic carboxylic acids is 1. The minimum absolute atomic E-state index is 0.0360. The monoisotopic (exact) mass is 2050 g/mol. The van der Waals surface area contributed by atoms with E-state index in [1.807, 2.05) is 160 Å². The minimum atomic E-state index is -0.972.